The number of hydrogen-bond donors (Lipinski definition) is 2. The zero-order valence-electron chi connectivity index (χ0n) is 10.0. The molecule has 0 saturated heterocycles. The SMILES string of the molecule is Nc1cc(F)cc(C(=O)NCC2CCCC2)c1F. The average Bonchev–Trinajstić information content (AvgIpc) is 2.83. The summed E-state index contributed by atoms with van der Waals surface area (Å²) in [5.41, 5.74) is 4.61. The van der Waals surface area contributed by atoms with Gasteiger partial charge in [0.1, 0.15) is 5.82 Å². The lowest BCUT2D eigenvalue weighted by Gasteiger charge is -2.11. The van der Waals surface area contributed by atoms with Gasteiger partial charge in [0, 0.05) is 6.54 Å². The summed E-state index contributed by atoms with van der Waals surface area (Å²) in [6.45, 7) is 0.509. The van der Waals surface area contributed by atoms with Gasteiger partial charge in [-0.05, 0) is 30.9 Å². The molecule has 2 rings (SSSR count). The second kappa shape index (κ2) is 5.33. The first-order valence-electron chi connectivity index (χ1n) is 6.10. The predicted molar refractivity (Wildman–Crippen MR) is 65.1 cm³/mol. The molecule has 1 aliphatic rings. The highest BCUT2D eigenvalue weighted by molar-refractivity contribution is 5.95. The zero-order chi connectivity index (χ0) is 13.1. The second-order valence-corrected chi connectivity index (χ2v) is 4.72. The van der Waals surface area contributed by atoms with Crippen LogP contribution in [0.3, 0.4) is 0 Å². The number of anilines is 1. The van der Waals surface area contributed by atoms with Gasteiger partial charge in [0.2, 0.25) is 0 Å². The highest BCUT2D eigenvalue weighted by Gasteiger charge is 2.19. The molecule has 0 aromatic heterocycles. The Hall–Kier alpha value is -1.65. The number of hydrogen-bond acceptors (Lipinski definition) is 2. The van der Waals surface area contributed by atoms with E-state index in [1.165, 1.54) is 12.8 Å². The van der Waals surface area contributed by atoms with E-state index in [0.717, 1.165) is 25.0 Å². The van der Waals surface area contributed by atoms with Gasteiger partial charge in [0.25, 0.3) is 5.91 Å². The van der Waals surface area contributed by atoms with Gasteiger partial charge in [-0.2, -0.15) is 0 Å². The minimum atomic E-state index is -0.861. The van der Waals surface area contributed by atoms with Crippen molar-refractivity contribution in [2.75, 3.05) is 12.3 Å². The van der Waals surface area contributed by atoms with Crippen molar-refractivity contribution in [3.63, 3.8) is 0 Å². The smallest absolute Gasteiger partial charge is 0.254 e. The predicted octanol–water partition coefficient (Wildman–Crippen LogP) is 2.47. The molecule has 18 heavy (non-hydrogen) atoms. The number of halogens is 2. The van der Waals surface area contributed by atoms with Crippen LogP contribution in [0.4, 0.5) is 14.5 Å². The van der Waals surface area contributed by atoms with Crippen LogP contribution in [0, 0.1) is 17.6 Å². The van der Waals surface area contributed by atoms with Crippen LogP contribution in [0.25, 0.3) is 0 Å². The Morgan fingerprint density at radius 3 is 2.67 bits per heavy atom. The normalized spacial score (nSPS) is 15.9. The fourth-order valence-electron chi connectivity index (χ4n) is 2.32. The molecule has 0 spiro atoms. The number of carbonyl (C=O) groups is 1. The molecule has 1 amide bonds. The van der Waals surface area contributed by atoms with Crippen molar-refractivity contribution in [1.29, 1.82) is 0 Å². The van der Waals surface area contributed by atoms with Crippen LogP contribution in [-0.2, 0) is 0 Å². The van der Waals surface area contributed by atoms with Gasteiger partial charge in [-0.3, -0.25) is 4.79 Å². The van der Waals surface area contributed by atoms with Gasteiger partial charge in [0.05, 0.1) is 11.3 Å². The third-order valence-corrected chi connectivity index (χ3v) is 3.34. The molecule has 1 aromatic carbocycles. The van der Waals surface area contributed by atoms with Crippen LogP contribution in [-0.4, -0.2) is 12.5 Å². The fraction of sp³-hybridized carbons (Fsp3) is 0.462. The molecule has 5 heteroatoms. The molecule has 3 nitrogen and oxygen atoms in total. The summed E-state index contributed by atoms with van der Waals surface area (Å²) in [5.74, 6) is -1.73. The van der Waals surface area contributed by atoms with Crippen molar-refractivity contribution in [3.8, 4) is 0 Å². The Labute approximate surface area is 104 Å². The standard InChI is InChI=1S/C13H16F2N2O/c14-9-5-10(12(15)11(16)6-9)13(18)17-7-8-3-1-2-4-8/h5-6,8H,1-4,7,16H2,(H,17,18). The number of nitrogens with two attached hydrogens (primary N) is 1. The average molecular weight is 254 g/mol. The van der Waals surface area contributed by atoms with Gasteiger partial charge in [-0.15, -0.1) is 0 Å². The van der Waals surface area contributed by atoms with E-state index in [2.05, 4.69) is 5.32 Å². The van der Waals surface area contributed by atoms with E-state index in [4.69, 9.17) is 5.73 Å². The minimum absolute atomic E-state index is 0.328. The van der Waals surface area contributed by atoms with E-state index in [9.17, 15) is 13.6 Å². The van der Waals surface area contributed by atoms with Crippen LogP contribution >= 0.6 is 0 Å². The molecular formula is C13H16F2N2O. The van der Waals surface area contributed by atoms with E-state index in [0.29, 0.717) is 12.5 Å². The van der Waals surface area contributed by atoms with Crippen molar-refractivity contribution in [3.05, 3.63) is 29.3 Å². The number of nitrogen functional groups attached to an aromatic ring is 1. The Balaban J connectivity index is 2.04. The third kappa shape index (κ3) is 2.78. The number of nitrogens with one attached hydrogen (secondary N) is 1. The Morgan fingerprint density at radius 1 is 1.33 bits per heavy atom. The lowest BCUT2D eigenvalue weighted by molar-refractivity contribution is 0.0943. The Kier molecular flexibility index (Phi) is 3.79. The molecule has 0 unspecified atom stereocenters. The van der Waals surface area contributed by atoms with Crippen LogP contribution in [0.5, 0.6) is 0 Å². The van der Waals surface area contributed by atoms with Crippen LogP contribution in [0.1, 0.15) is 36.0 Å². The molecule has 1 aliphatic carbocycles. The highest BCUT2D eigenvalue weighted by Crippen LogP contribution is 2.24. The fourth-order valence-corrected chi connectivity index (χ4v) is 2.32. The van der Waals surface area contributed by atoms with E-state index >= 15 is 0 Å². The first-order chi connectivity index (χ1) is 8.58. The number of carbonyl (C=O) groups excluding carboxylic acids is 1. The maximum atomic E-state index is 13.6. The monoisotopic (exact) mass is 254 g/mol. The largest absolute Gasteiger partial charge is 0.396 e. The summed E-state index contributed by atoms with van der Waals surface area (Å²) in [7, 11) is 0. The van der Waals surface area contributed by atoms with Gasteiger partial charge >= 0.3 is 0 Å². The number of benzene rings is 1. The molecule has 0 atom stereocenters. The third-order valence-electron chi connectivity index (χ3n) is 3.34. The number of rotatable bonds is 3. The zero-order valence-corrected chi connectivity index (χ0v) is 10.0. The van der Waals surface area contributed by atoms with Crippen LogP contribution < -0.4 is 11.1 Å². The first kappa shape index (κ1) is 12.8. The van der Waals surface area contributed by atoms with E-state index in [1.807, 2.05) is 0 Å². The van der Waals surface area contributed by atoms with Gasteiger partial charge in [-0.25, -0.2) is 8.78 Å². The summed E-state index contributed by atoms with van der Waals surface area (Å²) in [6.07, 6.45) is 4.49. The highest BCUT2D eigenvalue weighted by atomic mass is 19.1. The van der Waals surface area contributed by atoms with Crippen molar-refractivity contribution in [2.24, 2.45) is 5.92 Å². The summed E-state index contributed by atoms with van der Waals surface area (Å²) < 4.78 is 26.7. The molecule has 98 valence electrons. The molecular weight excluding hydrogens is 238 g/mol. The molecule has 3 N–H and O–H groups in total. The summed E-state index contributed by atoms with van der Waals surface area (Å²) in [6, 6.07) is 1.73. The van der Waals surface area contributed by atoms with Crippen molar-refractivity contribution in [1.82, 2.24) is 5.32 Å². The Morgan fingerprint density at radius 2 is 2.00 bits per heavy atom. The molecule has 1 aromatic rings. The molecule has 1 saturated carbocycles. The maximum Gasteiger partial charge on any atom is 0.254 e. The van der Waals surface area contributed by atoms with Gasteiger partial charge in [0.15, 0.2) is 5.82 Å². The summed E-state index contributed by atoms with van der Waals surface area (Å²) in [5, 5.41) is 2.64. The second-order valence-electron chi connectivity index (χ2n) is 4.72. The van der Waals surface area contributed by atoms with E-state index < -0.39 is 17.5 Å². The quantitative estimate of drug-likeness (QED) is 0.814. The molecule has 0 heterocycles. The van der Waals surface area contributed by atoms with Crippen molar-refractivity contribution < 1.29 is 13.6 Å². The lowest BCUT2D eigenvalue weighted by atomic mass is 10.1. The minimum Gasteiger partial charge on any atom is -0.396 e. The van der Waals surface area contributed by atoms with Crippen LogP contribution in [0.2, 0.25) is 0 Å². The van der Waals surface area contributed by atoms with Gasteiger partial charge in [-0.1, -0.05) is 12.8 Å². The summed E-state index contributed by atoms with van der Waals surface area (Å²) >= 11 is 0. The molecule has 1 fully saturated rings. The topological polar surface area (TPSA) is 55.1 Å². The van der Waals surface area contributed by atoms with E-state index in [1.54, 1.807) is 0 Å². The number of amides is 1. The lowest BCUT2D eigenvalue weighted by Crippen LogP contribution is -2.29. The van der Waals surface area contributed by atoms with Gasteiger partial charge < -0.3 is 11.1 Å². The first-order valence-corrected chi connectivity index (χ1v) is 6.10. The van der Waals surface area contributed by atoms with Crippen molar-refractivity contribution in [2.45, 2.75) is 25.7 Å². The summed E-state index contributed by atoms with van der Waals surface area (Å²) in [4.78, 5) is 11.8. The van der Waals surface area contributed by atoms with Crippen LogP contribution in [0.15, 0.2) is 12.1 Å². The van der Waals surface area contributed by atoms with E-state index in [-0.39, 0.29) is 11.3 Å². The maximum absolute atomic E-state index is 13.6. The Bertz CT molecular complexity index is 457. The van der Waals surface area contributed by atoms with Crippen molar-refractivity contribution >= 4 is 11.6 Å². The molecule has 0 bridgehead atoms. The molecule has 0 radical (unpaired) electrons. The molecule has 0 aliphatic heterocycles.